The lowest BCUT2D eigenvalue weighted by Crippen LogP contribution is -2.25. The van der Waals surface area contributed by atoms with Gasteiger partial charge < -0.3 is 20.1 Å². The van der Waals surface area contributed by atoms with Gasteiger partial charge in [-0.3, -0.25) is 9.59 Å². The van der Waals surface area contributed by atoms with E-state index in [9.17, 15) is 9.59 Å². The molecule has 0 fully saturated rings. The van der Waals surface area contributed by atoms with Gasteiger partial charge in [0, 0.05) is 6.07 Å². The molecule has 136 valence electrons. The smallest absolute Gasteiger partial charge is 0.262 e. The number of amides is 2. The summed E-state index contributed by atoms with van der Waals surface area (Å²) in [7, 11) is 0. The van der Waals surface area contributed by atoms with Crippen molar-refractivity contribution in [3.8, 4) is 11.5 Å². The van der Waals surface area contributed by atoms with Crippen molar-refractivity contribution in [1.29, 1.82) is 0 Å². The Morgan fingerprint density at radius 2 is 2.12 bits per heavy atom. The molecule has 0 aromatic heterocycles. The highest BCUT2D eigenvalue weighted by Gasteiger charge is 2.19. The van der Waals surface area contributed by atoms with Crippen molar-refractivity contribution in [2.24, 2.45) is 0 Å². The van der Waals surface area contributed by atoms with Gasteiger partial charge in [0.05, 0.1) is 29.4 Å². The first-order chi connectivity index (χ1) is 12.4. The fourth-order valence-electron chi connectivity index (χ4n) is 2.62. The molecule has 1 aliphatic rings. The number of halogens is 1. The van der Waals surface area contributed by atoms with E-state index in [0.717, 1.165) is 16.9 Å². The number of rotatable bonds is 5. The molecule has 0 aliphatic carbocycles. The third kappa shape index (κ3) is 4.26. The van der Waals surface area contributed by atoms with Gasteiger partial charge >= 0.3 is 0 Å². The van der Waals surface area contributed by atoms with Crippen LogP contribution < -0.4 is 20.1 Å². The van der Waals surface area contributed by atoms with Gasteiger partial charge in [0.2, 0.25) is 5.91 Å². The maximum absolute atomic E-state index is 12.2. The molecule has 0 spiro atoms. The number of benzene rings is 2. The van der Waals surface area contributed by atoms with E-state index in [0.29, 0.717) is 22.1 Å². The van der Waals surface area contributed by atoms with Crippen molar-refractivity contribution in [1.82, 2.24) is 0 Å². The SMILES string of the molecule is Cc1ccc(OCCC(=O)Nc2cc3c(cc2Cl)NC(=O)CO3)c(C)c1. The Balaban J connectivity index is 1.57. The van der Waals surface area contributed by atoms with Crippen LogP contribution in [0.15, 0.2) is 30.3 Å². The lowest BCUT2D eigenvalue weighted by Gasteiger charge is -2.19. The number of anilines is 2. The lowest BCUT2D eigenvalue weighted by atomic mass is 10.1. The highest BCUT2D eigenvalue weighted by molar-refractivity contribution is 6.34. The minimum atomic E-state index is -0.242. The highest BCUT2D eigenvalue weighted by atomic mass is 35.5. The Morgan fingerprint density at radius 3 is 2.88 bits per heavy atom. The van der Waals surface area contributed by atoms with E-state index in [1.807, 2.05) is 32.0 Å². The summed E-state index contributed by atoms with van der Waals surface area (Å²) in [5.41, 5.74) is 3.11. The van der Waals surface area contributed by atoms with Gasteiger partial charge in [-0.25, -0.2) is 0 Å². The van der Waals surface area contributed by atoms with Crippen molar-refractivity contribution >= 4 is 34.8 Å². The summed E-state index contributed by atoms with van der Waals surface area (Å²) in [6.45, 7) is 4.17. The van der Waals surface area contributed by atoms with Gasteiger partial charge in [-0.1, -0.05) is 29.3 Å². The van der Waals surface area contributed by atoms with E-state index >= 15 is 0 Å². The van der Waals surface area contributed by atoms with E-state index in [4.69, 9.17) is 21.1 Å². The van der Waals surface area contributed by atoms with Crippen molar-refractivity contribution < 1.29 is 19.1 Å². The van der Waals surface area contributed by atoms with Crippen LogP contribution in [0.2, 0.25) is 5.02 Å². The van der Waals surface area contributed by atoms with Gasteiger partial charge in [-0.05, 0) is 31.5 Å². The molecule has 0 saturated heterocycles. The lowest BCUT2D eigenvalue weighted by molar-refractivity contribution is -0.119. The fourth-order valence-corrected chi connectivity index (χ4v) is 2.83. The molecule has 6 nitrogen and oxygen atoms in total. The number of ether oxygens (including phenoxy) is 2. The average molecular weight is 375 g/mol. The second-order valence-electron chi connectivity index (χ2n) is 6.08. The monoisotopic (exact) mass is 374 g/mol. The molecule has 1 aliphatic heterocycles. The standard InChI is InChI=1S/C19H19ClN2O4/c1-11-3-4-16(12(2)7-11)25-6-5-18(23)21-14-9-17-15(8-13(14)20)22-19(24)10-26-17/h3-4,7-9H,5-6,10H2,1-2H3,(H,21,23)(H,22,24). The Kier molecular flexibility index (Phi) is 5.32. The first-order valence-corrected chi connectivity index (χ1v) is 8.56. The zero-order chi connectivity index (χ0) is 18.7. The van der Waals surface area contributed by atoms with Gasteiger partial charge in [0.15, 0.2) is 6.61 Å². The van der Waals surface area contributed by atoms with E-state index in [2.05, 4.69) is 10.6 Å². The predicted molar refractivity (Wildman–Crippen MR) is 100 cm³/mol. The number of hydrogen-bond acceptors (Lipinski definition) is 4. The quantitative estimate of drug-likeness (QED) is 0.836. The number of carbonyl (C=O) groups is 2. The molecule has 2 N–H and O–H groups in total. The van der Waals surface area contributed by atoms with Crippen LogP contribution in [0, 0.1) is 13.8 Å². The zero-order valence-electron chi connectivity index (χ0n) is 14.5. The molecule has 0 atom stereocenters. The molecule has 7 heteroatoms. The fraction of sp³-hybridized carbons (Fsp3) is 0.263. The van der Waals surface area contributed by atoms with Crippen molar-refractivity contribution in [3.05, 3.63) is 46.5 Å². The predicted octanol–water partition coefficient (Wildman–Crippen LogP) is 3.70. The van der Waals surface area contributed by atoms with Crippen molar-refractivity contribution in [3.63, 3.8) is 0 Å². The minimum Gasteiger partial charge on any atom is -0.493 e. The molecule has 26 heavy (non-hydrogen) atoms. The Morgan fingerprint density at radius 1 is 1.31 bits per heavy atom. The summed E-state index contributed by atoms with van der Waals surface area (Å²) in [6, 6.07) is 9.04. The molecule has 0 bridgehead atoms. The first kappa shape index (κ1) is 18.1. The second kappa shape index (κ2) is 7.66. The molecule has 2 amide bonds. The molecule has 0 saturated carbocycles. The molecule has 3 rings (SSSR count). The van der Waals surface area contributed by atoms with Crippen LogP contribution in [-0.2, 0) is 9.59 Å². The summed E-state index contributed by atoms with van der Waals surface area (Å²) in [4.78, 5) is 23.5. The van der Waals surface area contributed by atoms with Gasteiger partial charge in [0.1, 0.15) is 11.5 Å². The van der Waals surface area contributed by atoms with Gasteiger partial charge in [-0.15, -0.1) is 0 Å². The van der Waals surface area contributed by atoms with E-state index in [-0.39, 0.29) is 31.4 Å². The number of hydrogen-bond donors (Lipinski definition) is 2. The topological polar surface area (TPSA) is 76.7 Å². The van der Waals surface area contributed by atoms with Crippen molar-refractivity contribution in [2.45, 2.75) is 20.3 Å². The second-order valence-corrected chi connectivity index (χ2v) is 6.49. The summed E-state index contributed by atoms with van der Waals surface area (Å²) < 4.78 is 11.0. The van der Waals surface area contributed by atoms with Crippen LogP contribution in [0.25, 0.3) is 0 Å². The summed E-state index contributed by atoms with van der Waals surface area (Å²) in [5.74, 6) is 0.764. The average Bonchev–Trinajstić information content (AvgIpc) is 2.58. The van der Waals surface area contributed by atoms with Crippen LogP contribution in [0.5, 0.6) is 11.5 Å². The number of aryl methyl sites for hydroxylation is 2. The Labute approximate surface area is 156 Å². The summed E-state index contributed by atoms with van der Waals surface area (Å²) in [5, 5.41) is 5.72. The van der Waals surface area contributed by atoms with Crippen LogP contribution in [0.3, 0.4) is 0 Å². The van der Waals surface area contributed by atoms with Crippen molar-refractivity contribution in [2.75, 3.05) is 23.8 Å². The van der Waals surface area contributed by atoms with Crippen LogP contribution in [0.1, 0.15) is 17.5 Å². The summed E-state index contributed by atoms with van der Waals surface area (Å²) in [6.07, 6.45) is 0.179. The Bertz CT molecular complexity index is 867. The van der Waals surface area contributed by atoms with E-state index < -0.39 is 0 Å². The number of nitrogens with one attached hydrogen (secondary N) is 2. The molecule has 2 aromatic rings. The zero-order valence-corrected chi connectivity index (χ0v) is 15.3. The summed E-state index contributed by atoms with van der Waals surface area (Å²) >= 11 is 6.17. The first-order valence-electron chi connectivity index (χ1n) is 8.18. The third-order valence-electron chi connectivity index (χ3n) is 3.89. The third-order valence-corrected chi connectivity index (χ3v) is 4.21. The normalized spacial score (nSPS) is 12.7. The van der Waals surface area contributed by atoms with Crippen LogP contribution in [0.4, 0.5) is 11.4 Å². The Hall–Kier alpha value is -2.73. The molecular weight excluding hydrogens is 356 g/mol. The van der Waals surface area contributed by atoms with E-state index in [1.165, 1.54) is 0 Å². The molecular formula is C19H19ClN2O4. The largest absolute Gasteiger partial charge is 0.493 e. The van der Waals surface area contributed by atoms with E-state index in [1.54, 1.807) is 12.1 Å². The molecule has 1 heterocycles. The maximum atomic E-state index is 12.2. The number of carbonyl (C=O) groups excluding carboxylic acids is 2. The van der Waals surface area contributed by atoms with Crippen LogP contribution >= 0.6 is 11.6 Å². The minimum absolute atomic E-state index is 0.0637. The van der Waals surface area contributed by atoms with Crippen LogP contribution in [-0.4, -0.2) is 25.0 Å². The molecule has 0 unspecified atom stereocenters. The highest BCUT2D eigenvalue weighted by Crippen LogP contribution is 2.36. The van der Waals surface area contributed by atoms with Gasteiger partial charge in [0.25, 0.3) is 5.91 Å². The molecule has 2 aromatic carbocycles. The van der Waals surface area contributed by atoms with Gasteiger partial charge in [-0.2, -0.15) is 0 Å². The number of fused-ring (bicyclic) bond motifs is 1. The molecule has 0 radical (unpaired) electrons. The maximum Gasteiger partial charge on any atom is 0.262 e.